The molecule has 0 spiro atoms. The quantitative estimate of drug-likeness (QED) is 0.270. The molecule has 0 aromatic heterocycles. The molecule has 0 aliphatic heterocycles. The Labute approximate surface area is 127 Å². The van der Waals surface area contributed by atoms with Crippen molar-refractivity contribution in [3.05, 3.63) is 0 Å². The summed E-state index contributed by atoms with van der Waals surface area (Å²) in [5.41, 5.74) is 0. The third-order valence-corrected chi connectivity index (χ3v) is 3.66. The number of guanidine groups is 1. The van der Waals surface area contributed by atoms with Crippen LogP contribution in [0.25, 0.3) is 0 Å². The van der Waals surface area contributed by atoms with E-state index < -0.39 is 0 Å². The van der Waals surface area contributed by atoms with Crippen molar-refractivity contribution < 1.29 is 4.58 Å². The Morgan fingerprint density at radius 3 is 1.65 bits per heavy atom. The van der Waals surface area contributed by atoms with Gasteiger partial charge in [-0.05, 0) is 6.42 Å². The lowest BCUT2D eigenvalue weighted by Crippen LogP contribution is -2.42. The van der Waals surface area contributed by atoms with Gasteiger partial charge in [0.25, 0.3) is 0 Å². The molecule has 0 atom stereocenters. The van der Waals surface area contributed by atoms with Crippen LogP contribution in [0, 0.1) is 0 Å². The molecule has 0 aliphatic rings. The second kappa shape index (κ2) is 13.3. The molecule has 120 valence electrons. The van der Waals surface area contributed by atoms with E-state index in [-0.39, 0.29) is 0 Å². The third kappa shape index (κ3) is 11.1. The summed E-state index contributed by atoms with van der Waals surface area (Å²) >= 11 is 0. The standard InChI is InChI=1S/C17H37N3/c1-6-7-8-9-10-11-12-13-14-15-16-18-17(19(2)3)20(4)5/h6-16H2,1-5H3/p+1. The van der Waals surface area contributed by atoms with Gasteiger partial charge in [-0.25, -0.2) is 0 Å². The van der Waals surface area contributed by atoms with Crippen LogP contribution in [-0.4, -0.2) is 50.2 Å². The summed E-state index contributed by atoms with van der Waals surface area (Å²) in [7, 11) is 8.34. The fourth-order valence-corrected chi connectivity index (χ4v) is 2.53. The number of hydrogen-bond acceptors (Lipinski definition) is 0. The zero-order valence-electron chi connectivity index (χ0n) is 14.7. The predicted molar refractivity (Wildman–Crippen MR) is 90.6 cm³/mol. The maximum absolute atomic E-state index is 3.51. The van der Waals surface area contributed by atoms with Crippen molar-refractivity contribution in [3.8, 4) is 0 Å². The maximum atomic E-state index is 3.51. The van der Waals surface area contributed by atoms with Crippen LogP contribution >= 0.6 is 0 Å². The zero-order chi connectivity index (χ0) is 15.2. The fourth-order valence-electron chi connectivity index (χ4n) is 2.53. The third-order valence-electron chi connectivity index (χ3n) is 3.66. The molecule has 0 fully saturated rings. The first kappa shape index (κ1) is 19.3. The van der Waals surface area contributed by atoms with Crippen LogP contribution in [-0.2, 0) is 0 Å². The molecule has 0 heterocycles. The van der Waals surface area contributed by atoms with Crippen LogP contribution in [0.5, 0.6) is 0 Å². The fraction of sp³-hybridized carbons (Fsp3) is 0.941. The monoisotopic (exact) mass is 284 g/mol. The molecule has 0 amide bonds. The summed E-state index contributed by atoms with van der Waals surface area (Å²) in [6.07, 6.45) is 14.0. The lowest BCUT2D eigenvalue weighted by atomic mass is 10.1. The molecular weight excluding hydrogens is 246 g/mol. The van der Waals surface area contributed by atoms with Crippen LogP contribution < -0.4 is 5.32 Å². The van der Waals surface area contributed by atoms with Crippen LogP contribution in [0.1, 0.15) is 71.1 Å². The number of hydrogen-bond donors (Lipinski definition) is 1. The molecule has 3 heteroatoms. The number of unbranched alkanes of at least 4 members (excludes halogenated alkanes) is 9. The summed E-state index contributed by atoms with van der Waals surface area (Å²) in [6, 6.07) is 0. The van der Waals surface area contributed by atoms with E-state index in [1.807, 2.05) is 0 Å². The molecule has 0 saturated carbocycles. The Balaban J connectivity index is 3.35. The van der Waals surface area contributed by atoms with E-state index in [1.54, 1.807) is 0 Å². The van der Waals surface area contributed by atoms with E-state index in [0.29, 0.717) is 0 Å². The highest BCUT2D eigenvalue weighted by Crippen LogP contribution is 2.10. The van der Waals surface area contributed by atoms with Crippen molar-refractivity contribution in [2.75, 3.05) is 34.7 Å². The predicted octanol–water partition coefficient (Wildman–Crippen LogP) is 3.69. The van der Waals surface area contributed by atoms with Gasteiger partial charge in [-0.1, -0.05) is 64.7 Å². The van der Waals surface area contributed by atoms with Crippen molar-refractivity contribution in [3.63, 3.8) is 0 Å². The summed E-state index contributed by atoms with van der Waals surface area (Å²) in [4.78, 5) is 2.14. The molecular formula is C17H38N3+. The average Bonchev–Trinajstić information content (AvgIpc) is 2.39. The van der Waals surface area contributed by atoms with Gasteiger partial charge < -0.3 is 0 Å². The van der Waals surface area contributed by atoms with Crippen LogP contribution in [0.15, 0.2) is 0 Å². The highest BCUT2D eigenvalue weighted by molar-refractivity contribution is 5.74. The first-order valence-electron chi connectivity index (χ1n) is 8.55. The van der Waals surface area contributed by atoms with Crippen LogP contribution in [0.2, 0.25) is 0 Å². The van der Waals surface area contributed by atoms with Gasteiger partial charge in [0.2, 0.25) is 0 Å². The lowest BCUT2D eigenvalue weighted by molar-refractivity contribution is -0.472. The molecule has 0 rings (SSSR count). The van der Waals surface area contributed by atoms with Gasteiger partial charge in [-0.3, -0.25) is 14.8 Å². The Morgan fingerprint density at radius 1 is 0.800 bits per heavy atom. The van der Waals surface area contributed by atoms with E-state index in [1.165, 1.54) is 70.2 Å². The second-order valence-electron chi connectivity index (χ2n) is 6.22. The Morgan fingerprint density at radius 2 is 1.25 bits per heavy atom. The van der Waals surface area contributed by atoms with E-state index >= 15 is 0 Å². The summed E-state index contributed by atoms with van der Waals surface area (Å²) in [5.74, 6) is 1.20. The van der Waals surface area contributed by atoms with Crippen molar-refractivity contribution in [2.24, 2.45) is 0 Å². The summed E-state index contributed by atoms with van der Waals surface area (Å²) in [6.45, 7) is 3.37. The average molecular weight is 285 g/mol. The van der Waals surface area contributed by atoms with Gasteiger partial charge in [-0.15, -0.1) is 0 Å². The van der Waals surface area contributed by atoms with Crippen molar-refractivity contribution in [1.29, 1.82) is 0 Å². The highest BCUT2D eigenvalue weighted by atomic mass is 15.3. The first-order valence-corrected chi connectivity index (χ1v) is 8.55. The smallest absolute Gasteiger partial charge is 0.278 e. The van der Waals surface area contributed by atoms with Gasteiger partial charge >= 0.3 is 5.96 Å². The van der Waals surface area contributed by atoms with Gasteiger partial charge in [0.05, 0.1) is 34.7 Å². The SMILES string of the molecule is CCCCCCCCCCCCNC(N(C)C)=[N+](C)C. The molecule has 0 aromatic rings. The number of nitrogens with zero attached hydrogens (tertiary/aromatic N) is 2. The largest absolute Gasteiger partial charge is 0.347 e. The topological polar surface area (TPSA) is 18.3 Å². The number of rotatable bonds is 11. The van der Waals surface area contributed by atoms with Gasteiger partial charge in [-0.2, -0.15) is 0 Å². The molecule has 1 N–H and O–H groups in total. The maximum Gasteiger partial charge on any atom is 0.347 e. The van der Waals surface area contributed by atoms with Gasteiger partial charge in [0.1, 0.15) is 0 Å². The van der Waals surface area contributed by atoms with E-state index in [0.717, 1.165) is 6.54 Å². The van der Waals surface area contributed by atoms with Gasteiger partial charge in [0.15, 0.2) is 0 Å². The molecule has 0 saturated heterocycles. The minimum atomic E-state index is 1.09. The minimum Gasteiger partial charge on any atom is -0.278 e. The Hall–Kier alpha value is -0.730. The van der Waals surface area contributed by atoms with Crippen LogP contribution in [0.4, 0.5) is 0 Å². The minimum absolute atomic E-state index is 1.09. The van der Waals surface area contributed by atoms with Gasteiger partial charge in [0, 0.05) is 0 Å². The molecule has 0 radical (unpaired) electrons. The molecule has 0 unspecified atom stereocenters. The number of nitrogens with one attached hydrogen (secondary N) is 1. The Kier molecular flexibility index (Phi) is 12.8. The molecule has 0 aromatic carbocycles. The summed E-state index contributed by atoms with van der Waals surface area (Å²) < 4.78 is 2.14. The van der Waals surface area contributed by atoms with E-state index in [2.05, 4.69) is 49.9 Å². The summed E-state index contributed by atoms with van der Waals surface area (Å²) in [5, 5.41) is 3.51. The highest BCUT2D eigenvalue weighted by Gasteiger charge is 2.09. The van der Waals surface area contributed by atoms with E-state index in [9.17, 15) is 0 Å². The molecule has 20 heavy (non-hydrogen) atoms. The normalized spacial score (nSPS) is 10.4. The second-order valence-corrected chi connectivity index (χ2v) is 6.22. The molecule has 3 nitrogen and oxygen atoms in total. The molecule has 0 aliphatic carbocycles. The molecule has 0 bridgehead atoms. The Bertz CT molecular complexity index is 243. The van der Waals surface area contributed by atoms with Crippen molar-refractivity contribution >= 4 is 5.96 Å². The lowest BCUT2D eigenvalue weighted by Gasteiger charge is -2.12. The van der Waals surface area contributed by atoms with Crippen molar-refractivity contribution in [1.82, 2.24) is 10.2 Å². The zero-order valence-corrected chi connectivity index (χ0v) is 14.7. The van der Waals surface area contributed by atoms with E-state index in [4.69, 9.17) is 0 Å². The first-order chi connectivity index (χ1) is 9.59. The van der Waals surface area contributed by atoms with Crippen molar-refractivity contribution in [2.45, 2.75) is 71.1 Å². The van der Waals surface area contributed by atoms with Crippen LogP contribution in [0.3, 0.4) is 0 Å².